The molecule has 0 aliphatic carbocycles. The number of halogens is 1. The molecule has 1 saturated heterocycles. The zero-order chi connectivity index (χ0) is 19.7. The Morgan fingerprint density at radius 2 is 1.79 bits per heavy atom. The highest BCUT2D eigenvalue weighted by Gasteiger charge is 2.34. The van der Waals surface area contributed by atoms with Crippen LogP contribution in [0.4, 0.5) is 5.69 Å². The highest BCUT2D eigenvalue weighted by molar-refractivity contribution is 6.32. The number of anilines is 1. The first-order valence-electron chi connectivity index (χ1n) is 8.85. The lowest BCUT2D eigenvalue weighted by atomic mass is 10.0. The van der Waals surface area contributed by atoms with Gasteiger partial charge in [0.25, 0.3) is 11.8 Å². The largest absolute Gasteiger partial charge is 0.493 e. The van der Waals surface area contributed by atoms with Gasteiger partial charge in [-0.15, -0.1) is 0 Å². The first-order valence-corrected chi connectivity index (χ1v) is 9.23. The number of rotatable bonds is 4. The Hall–Kier alpha value is -3.31. The van der Waals surface area contributed by atoms with Crippen LogP contribution in [-0.2, 0) is 9.59 Å². The maximum absolute atomic E-state index is 12.9. The molecular weight excluding hydrogens is 376 g/mol. The molecule has 0 radical (unpaired) electrons. The molecule has 1 aliphatic heterocycles. The van der Waals surface area contributed by atoms with E-state index in [4.69, 9.17) is 16.3 Å². The number of hydrazine groups is 1. The molecule has 3 aromatic rings. The molecule has 3 aromatic carbocycles. The normalized spacial score (nSPS) is 15.4. The van der Waals surface area contributed by atoms with Gasteiger partial charge < -0.3 is 4.74 Å². The van der Waals surface area contributed by atoms with Crippen molar-refractivity contribution in [2.24, 2.45) is 0 Å². The molecule has 0 aromatic heterocycles. The summed E-state index contributed by atoms with van der Waals surface area (Å²) in [6.45, 7) is 2.37. The minimum Gasteiger partial charge on any atom is -0.493 e. The van der Waals surface area contributed by atoms with Crippen molar-refractivity contribution in [3.8, 4) is 5.75 Å². The topological polar surface area (TPSA) is 58.6 Å². The summed E-state index contributed by atoms with van der Waals surface area (Å²) in [7, 11) is 0. The Bertz CT molecular complexity index is 1110. The van der Waals surface area contributed by atoms with Gasteiger partial charge in [-0.2, -0.15) is 0 Å². The molecule has 5 nitrogen and oxygen atoms in total. The first-order chi connectivity index (χ1) is 13.6. The van der Waals surface area contributed by atoms with Crippen LogP contribution in [0.5, 0.6) is 5.75 Å². The molecule has 140 valence electrons. The van der Waals surface area contributed by atoms with Crippen LogP contribution in [-0.4, -0.2) is 18.4 Å². The van der Waals surface area contributed by atoms with Gasteiger partial charge >= 0.3 is 0 Å². The quantitative estimate of drug-likeness (QED) is 0.530. The molecule has 1 fully saturated rings. The van der Waals surface area contributed by atoms with Crippen molar-refractivity contribution in [1.82, 2.24) is 5.43 Å². The molecule has 0 atom stereocenters. The number of benzene rings is 3. The third-order valence-corrected chi connectivity index (χ3v) is 4.75. The molecule has 1 N–H and O–H groups in total. The van der Waals surface area contributed by atoms with Crippen molar-refractivity contribution in [3.05, 3.63) is 76.8 Å². The van der Waals surface area contributed by atoms with Gasteiger partial charge in [0.2, 0.25) is 0 Å². The molecule has 28 heavy (non-hydrogen) atoms. The molecule has 0 unspecified atom stereocenters. The molecule has 1 heterocycles. The zero-order valence-electron chi connectivity index (χ0n) is 15.1. The third-order valence-electron chi connectivity index (χ3n) is 4.50. The average molecular weight is 393 g/mol. The van der Waals surface area contributed by atoms with Crippen molar-refractivity contribution >= 4 is 46.0 Å². The summed E-state index contributed by atoms with van der Waals surface area (Å²) >= 11 is 5.91. The summed E-state index contributed by atoms with van der Waals surface area (Å²) in [5.74, 6) is -0.266. The number of carbonyl (C=O) groups is 2. The van der Waals surface area contributed by atoms with Crippen molar-refractivity contribution < 1.29 is 14.3 Å². The Morgan fingerprint density at radius 3 is 2.54 bits per heavy atom. The van der Waals surface area contributed by atoms with Gasteiger partial charge in [-0.3, -0.25) is 15.0 Å². The number of nitrogens with zero attached hydrogens (tertiary/aromatic N) is 1. The molecule has 6 heteroatoms. The fourth-order valence-corrected chi connectivity index (χ4v) is 3.31. The summed E-state index contributed by atoms with van der Waals surface area (Å²) < 4.78 is 5.73. The van der Waals surface area contributed by atoms with E-state index in [1.807, 2.05) is 43.3 Å². The summed E-state index contributed by atoms with van der Waals surface area (Å²) in [4.78, 5) is 25.4. The van der Waals surface area contributed by atoms with Gasteiger partial charge in [0, 0.05) is 10.6 Å². The number of fused-ring (bicyclic) bond motifs is 1. The lowest BCUT2D eigenvalue weighted by molar-refractivity contribution is -0.117. The predicted octanol–water partition coefficient (Wildman–Crippen LogP) is 4.35. The van der Waals surface area contributed by atoms with E-state index in [9.17, 15) is 9.59 Å². The van der Waals surface area contributed by atoms with E-state index in [2.05, 4.69) is 5.43 Å². The van der Waals surface area contributed by atoms with Gasteiger partial charge in [-0.25, -0.2) is 5.01 Å². The number of ether oxygens (including phenoxy) is 1. The smallest absolute Gasteiger partial charge is 0.282 e. The fourth-order valence-electron chi connectivity index (χ4n) is 3.18. The maximum atomic E-state index is 12.9. The minimum absolute atomic E-state index is 0.0484. The predicted molar refractivity (Wildman–Crippen MR) is 110 cm³/mol. The Morgan fingerprint density at radius 1 is 1.04 bits per heavy atom. The van der Waals surface area contributed by atoms with Crippen LogP contribution in [0, 0.1) is 0 Å². The molecule has 2 amide bonds. The van der Waals surface area contributed by atoms with E-state index in [0.29, 0.717) is 28.6 Å². The molecule has 4 rings (SSSR count). The molecular formula is C22H17ClN2O3. The van der Waals surface area contributed by atoms with Crippen molar-refractivity contribution in [2.45, 2.75) is 6.92 Å². The summed E-state index contributed by atoms with van der Waals surface area (Å²) in [6.07, 6.45) is 1.60. The second-order valence-electron chi connectivity index (χ2n) is 6.25. The van der Waals surface area contributed by atoms with Crippen LogP contribution >= 0.6 is 11.6 Å². The van der Waals surface area contributed by atoms with Crippen LogP contribution in [0.25, 0.3) is 16.8 Å². The monoisotopic (exact) mass is 392 g/mol. The molecule has 0 bridgehead atoms. The first kappa shape index (κ1) is 18.1. The Kier molecular flexibility index (Phi) is 4.75. The lowest BCUT2D eigenvalue weighted by Gasteiger charge is -2.14. The van der Waals surface area contributed by atoms with Gasteiger partial charge in [-0.05, 0) is 54.1 Å². The van der Waals surface area contributed by atoms with E-state index in [1.54, 1.807) is 30.3 Å². The van der Waals surface area contributed by atoms with Crippen LogP contribution < -0.4 is 15.2 Å². The van der Waals surface area contributed by atoms with Gasteiger partial charge in [-0.1, -0.05) is 41.9 Å². The van der Waals surface area contributed by atoms with E-state index < -0.39 is 11.8 Å². The van der Waals surface area contributed by atoms with E-state index in [0.717, 1.165) is 10.8 Å². The average Bonchev–Trinajstić information content (AvgIpc) is 2.98. The standard InChI is InChI=1S/C22H17ClN2O3/c1-2-28-20-12-7-14-5-3-4-6-17(14)18(20)13-19-21(26)24-25(22(19)27)16-10-8-15(23)9-11-16/h3-13H,2H2,1H3,(H,24,26)/b19-13-. The molecule has 0 saturated carbocycles. The van der Waals surface area contributed by atoms with Crippen LogP contribution in [0.15, 0.2) is 66.2 Å². The second-order valence-corrected chi connectivity index (χ2v) is 6.68. The van der Waals surface area contributed by atoms with E-state index in [-0.39, 0.29) is 5.57 Å². The summed E-state index contributed by atoms with van der Waals surface area (Å²) in [5.41, 5.74) is 3.89. The third kappa shape index (κ3) is 3.21. The van der Waals surface area contributed by atoms with Crippen LogP contribution in [0.2, 0.25) is 5.02 Å². The Balaban J connectivity index is 1.80. The number of carbonyl (C=O) groups excluding carboxylic acids is 2. The lowest BCUT2D eigenvalue weighted by Crippen LogP contribution is -2.35. The molecule has 1 aliphatic rings. The van der Waals surface area contributed by atoms with Gasteiger partial charge in [0.1, 0.15) is 11.3 Å². The zero-order valence-corrected chi connectivity index (χ0v) is 15.9. The highest BCUT2D eigenvalue weighted by Crippen LogP contribution is 2.32. The number of hydrogen-bond donors (Lipinski definition) is 1. The fraction of sp³-hybridized carbons (Fsp3) is 0.0909. The SMILES string of the molecule is CCOc1ccc2ccccc2c1/C=C1/C(=O)NN(c2ccc(Cl)cc2)C1=O. The minimum atomic E-state index is -0.463. The highest BCUT2D eigenvalue weighted by atomic mass is 35.5. The Labute approximate surface area is 167 Å². The number of amides is 2. The van der Waals surface area contributed by atoms with E-state index >= 15 is 0 Å². The summed E-state index contributed by atoms with van der Waals surface area (Å²) in [5, 5.41) is 3.68. The molecule has 0 spiro atoms. The van der Waals surface area contributed by atoms with Crippen LogP contribution in [0.1, 0.15) is 12.5 Å². The van der Waals surface area contributed by atoms with Crippen LogP contribution in [0.3, 0.4) is 0 Å². The second kappa shape index (κ2) is 7.37. The number of nitrogens with one attached hydrogen (secondary N) is 1. The van der Waals surface area contributed by atoms with Crippen molar-refractivity contribution in [3.63, 3.8) is 0 Å². The van der Waals surface area contributed by atoms with Gasteiger partial charge in [0.15, 0.2) is 0 Å². The number of hydrogen-bond acceptors (Lipinski definition) is 3. The summed E-state index contributed by atoms with van der Waals surface area (Å²) in [6, 6.07) is 18.3. The van der Waals surface area contributed by atoms with Gasteiger partial charge in [0.05, 0.1) is 12.3 Å². The van der Waals surface area contributed by atoms with Crippen molar-refractivity contribution in [2.75, 3.05) is 11.6 Å². The van der Waals surface area contributed by atoms with Crippen molar-refractivity contribution in [1.29, 1.82) is 0 Å². The maximum Gasteiger partial charge on any atom is 0.282 e. The van der Waals surface area contributed by atoms with E-state index in [1.165, 1.54) is 5.01 Å².